The molecule has 0 amide bonds. The molecule has 0 aromatic carbocycles. The van der Waals surface area contributed by atoms with Crippen molar-refractivity contribution in [2.45, 2.75) is 23.7 Å². The van der Waals surface area contributed by atoms with Crippen molar-refractivity contribution in [3.63, 3.8) is 0 Å². The number of hydrogen-bond acceptors (Lipinski definition) is 7. The Kier molecular flexibility index (Phi) is 3.95. The van der Waals surface area contributed by atoms with Crippen LogP contribution in [0.5, 0.6) is 0 Å². The van der Waals surface area contributed by atoms with Gasteiger partial charge in [-0.2, -0.15) is 0 Å². The highest BCUT2D eigenvalue weighted by molar-refractivity contribution is 7.91. The van der Waals surface area contributed by atoms with Crippen LogP contribution in [0.1, 0.15) is 11.8 Å². The SMILES string of the molecule is CC(Cc1cccs1)NS(=O)(=O)c1nnc(N)s1. The zero-order valence-electron chi connectivity index (χ0n) is 9.53. The minimum atomic E-state index is -3.62. The molecule has 1 unspecified atom stereocenters. The minimum Gasteiger partial charge on any atom is -0.374 e. The maximum atomic E-state index is 11.9. The fraction of sp³-hybridized carbons (Fsp3) is 0.333. The monoisotopic (exact) mass is 304 g/mol. The molecule has 1 atom stereocenters. The number of nitrogens with zero attached hydrogens (tertiary/aromatic N) is 2. The lowest BCUT2D eigenvalue weighted by Crippen LogP contribution is -2.33. The molecule has 2 aromatic heterocycles. The van der Waals surface area contributed by atoms with E-state index in [-0.39, 0.29) is 15.5 Å². The van der Waals surface area contributed by atoms with Crippen LogP contribution in [0.25, 0.3) is 0 Å². The third-order valence-electron chi connectivity index (χ3n) is 2.10. The number of hydrogen-bond donors (Lipinski definition) is 2. The van der Waals surface area contributed by atoms with E-state index in [1.54, 1.807) is 11.3 Å². The average molecular weight is 304 g/mol. The molecule has 0 aliphatic rings. The molecule has 6 nitrogen and oxygen atoms in total. The number of aromatic nitrogens is 2. The maximum Gasteiger partial charge on any atom is 0.270 e. The highest BCUT2D eigenvalue weighted by Crippen LogP contribution is 2.18. The normalized spacial score (nSPS) is 13.6. The van der Waals surface area contributed by atoms with Gasteiger partial charge < -0.3 is 5.73 Å². The zero-order valence-corrected chi connectivity index (χ0v) is 12.0. The lowest BCUT2D eigenvalue weighted by molar-refractivity contribution is 0.559. The summed E-state index contributed by atoms with van der Waals surface area (Å²) >= 11 is 2.45. The van der Waals surface area contributed by atoms with Crippen LogP contribution in [0, 0.1) is 0 Å². The molecule has 0 bridgehead atoms. The van der Waals surface area contributed by atoms with Gasteiger partial charge in [-0.15, -0.1) is 21.5 Å². The van der Waals surface area contributed by atoms with Crippen LogP contribution in [0.2, 0.25) is 0 Å². The second-order valence-corrected chi connectivity index (χ2v) is 7.64. The lowest BCUT2D eigenvalue weighted by Gasteiger charge is -2.11. The molecule has 98 valence electrons. The van der Waals surface area contributed by atoms with Crippen LogP contribution >= 0.6 is 22.7 Å². The third kappa shape index (κ3) is 3.25. The van der Waals surface area contributed by atoms with Crippen LogP contribution in [-0.4, -0.2) is 24.7 Å². The van der Waals surface area contributed by atoms with Gasteiger partial charge in [0.1, 0.15) is 0 Å². The number of sulfonamides is 1. The Bertz CT molecular complexity index is 606. The molecule has 0 spiro atoms. The first kappa shape index (κ1) is 13.4. The van der Waals surface area contributed by atoms with E-state index in [9.17, 15) is 8.42 Å². The first-order valence-electron chi connectivity index (χ1n) is 5.11. The Morgan fingerprint density at radius 2 is 2.28 bits per heavy atom. The topological polar surface area (TPSA) is 98.0 Å². The number of rotatable bonds is 5. The van der Waals surface area contributed by atoms with Gasteiger partial charge in [-0.3, -0.25) is 0 Å². The summed E-state index contributed by atoms with van der Waals surface area (Å²) < 4.78 is 26.3. The maximum absolute atomic E-state index is 11.9. The van der Waals surface area contributed by atoms with Gasteiger partial charge in [-0.1, -0.05) is 17.4 Å². The molecule has 2 heterocycles. The molecular formula is C9H12N4O2S3. The number of nitrogens with two attached hydrogens (primary N) is 1. The van der Waals surface area contributed by atoms with Crippen LogP contribution in [0.4, 0.5) is 5.13 Å². The van der Waals surface area contributed by atoms with Crippen molar-refractivity contribution in [1.29, 1.82) is 0 Å². The number of nitrogen functional groups attached to an aromatic ring is 1. The highest BCUT2D eigenvalue weighted by atomic mass is 32.2. The molecule has 18 heavy (non-hydrogen) atoms. The highest BCUT2D eigenvalue weighted by Gasteiger charge is 2.22. The Morgan fingerprint density at radius 3 is 2.83 bits per heavy atom. The van der Waals surface area contributed by atoms with Gasteiger partial charge in [-0.05, 0) is 24.8 Å². The van der Waals surface area contributed by atoms with Crippen LogP contribution in [-0.2, 0) is 16.4 Å². The third-order valence-corrected chi connectivity index (χ3v) is 5.70. The molecule has 0 radical (unpaired) electrons. The van der Waals surface area contributed by atoms with Gasteiger partial charge in [0.2, 0.25) is 9.47 Å². The van der Waals surface area contributed by atoms with Crippen molar-refractivity contribution in [3.8, 4) is 0 Å². The van der Waals surface area contributed by atoms with E-state index in [1.165, 1.54) is 0 Å². The van der Waals surface area contributed by atoms with Gasteiger partial charge >= 0.3 is 0 Å². The summed E-state index contributed by atoms with van der Waals surface area (Å²) in [5, 5.41) is 9.13. The lowest BCUT2D eigenvalue weighted by atomic mass is 10.2. The quantitative estimate of drug-likeness (QED) is 0.861. The van der Waals surface area contributed by atoms with Crippen molar-refractivity contribution in [2.24, 2.45) is 0 Å². The predicted molar refractivity (Wildman–Crippen MR) is 72.1 cm³/mol. The Balaban J connectivity index is 2.04. The van der Waals surface area contributed by atoms with Gasteiger partial charge in [-0.25, -0.2) is 13.1 Å². The van der Waals surface area contributed by atoms with Crippen molar-refractivity contribution in [2.75, 3.05) is 5.73 Å². The first-order valence-corrected chi connectivity index (χ1v) is 8.29. The number of anilines is 1. The van der Waals surface area contributed by atoms with Crippen molar-refractivity contribution in [3.05, 3.63) is 22.4 Å². The van der Waals surface area contributed by atoms with Crippen LogP contribution in [0.15, 0.2) is 21.9 Å². The standard InChI is InChI=1S/C9H12N4O2S3/c1-6(5-7-3-2-4-16-7)13-18(14,15)9-12-11-8(10)17-9/h2-4,6,13H,5H2,1H3,(H2,10,11). The molecule has 2 aromatic rings. The Labute approximate surface area is 113 Å². The molecule has 0 saturated heterocycles. The number of nitrogens with one attached hydrogen (secondary N) is 1. The molecule has 9 heteroatoms. The Hall–Kier alpha value is -1.03. The smallest absolute Gasteiger partial charge is 0.270 e. The zero-order chi connectivity index (χ0) is 13.2. The summed E-state index contributed by atoms with van der Waals surface area (Å²) in [5.74, 6) is 0. The molecular weight excluding hydrogens is 292 g/mol. The predicted octanol–water partition coefficient (Wildman–Crippen LogP) is 1.09. The summed E-state index contributed by atoms with van der Waals surface area (Å²) in [6, 6.07) is 3.70. The molecule has 0 aliphatic heterocycles. The summed E-state index contributed by atoms with van der Waals surface area (Å²) in [6.45, 7) is 1.81. The van der Waals surface area contributed by atoms with E-state index in [2.05, 4.69) is 14.9 Å². The fourth-order valence-corrected chi connectivity index (χ4v) is 4.30. The van der Waals surface area contributed by atoms with Crippen molar-refractivity contribution < 1.29 is 8.42 Å². The molecule has 2 rings (SSSR count). The van der Waals surface area contributed by atoms with Crippen LogP contribution < -0.4 is 10.5 Å². The second kappa shape index (κ2) is 5.31. The molecule has 0 fully saturated rings. The molecule has 0 aliphatic carbocycles. The minimum absolute atomic E-state index is 0.0990. The van der Waals surface area contributed by atoms with E-state index in [4.69, 9.17) is 5.73 Å². The molecule has 3 N–H and O–H groups in total. The average Bonchev–Trinajstić information content (AvgIpc) is 2.88. The second-order valence-electron chi connectivity index (χ2n) is 3.71. The Morgan fingerprint density at radius 1 is 1.50 bits per heavy atom. The van der Waals surface area contributed by atoms with Gasteiger partial charge in [0.25, 0.3) is 10.0 Å². The summed E-state index contributed by atoms with van der Waals surface area (Å²) in [7, 11) is -3.62. The van der Waals surface area contributed by atoms with Crippen molar-refractivity contribution >= 4 is 37.8 Å². The first-order chi connectivity index (χ1) is 8.47. The van der Waals surface area contributed by atoms with E-state index in [1.807, 2.05) is 24.4 Å². The van der Waals surface area contributed by atoms with E-state index in [0.717, 1.165) is 16.2 Å². The van der Waals surface area contributed by atoms with Gasteiger partial charge in [0.15, 0.2) is 0 Å². The fourth-order valence-electron chi connectivity index (χ4n) is 1.42. The molecule has 0 saturated carbocycles. The van der Waals surface area contributed by atoms with E-state index in [0.29, 0.717) is 6.42 Å². The van der Waals surface area contributed by atoms with Gasteiger partial charge in [0.05, 0.1) is 0 Å². The summed E-state index contributed by atoms with van der Waals surface area (Å²) in [4.78, 5) is 1.13. The van der Waals surface area contributed by atoms with E-state index >= 15 is 0 Å². The van der Waals surface area contributed by atoms with Gasteiger partial charge in [0, 0.05) is 10.9 Å². The van der Waals surface area contributed by atoms with E-state index < -0.39 is 10.0 Å². The van der Waals surface area contributed by atoms with Crippen LogP contribution in [0.3, 0.4) is 0 Å². The largest absolute Gasteiger partial charge is 0.374 e. The van der Waals surface area contributed by atoms with Crippen molar-refractivity contribution in [1.82, 2.24) is 14.9 Å². The number of thiophene rings is 1. The summed E-state index contributed by atoms with van der Waals surface area (Å²) in [6.07, 6.45) is 0.644. The summed E-state index contributed by atoms with van der Waals surface area (Å²) in [5.41, 5.74) is 5.37.